The first kappa shape index (κ1) is 16.7. The molecular formula is C19H13F3N2O. The van der Waals surface area contributed by atoms with Crippen molar-refractivity contribution in [2.24, 2.45) is 4.99 Å². The molecule has 0 aliphatic carbocycles. The fourth-order valence-corrected chi connectivity index (χ4v) is 2.62. The summed E-state index contributed by atoms with van der Waals surface area (Å²) in [5.41, 5.74) is 0.811. The second-order valence-electron chi connectivity index (χ2n) is 5.25. The van der Waals surface area contributed by atoms with Crippen LogP contribution in [-0.4, -0.2) is 17.8 Å². The number of aromatic nitrogens is 1. The first-order valence-corrected chi connectivity index (χ1v) is 7.38. The minimum Gasteiger partial charge on any atom is -0.475 e. The van der Waals surface area contributed by atoms with Gasteiger partial charge in [0.05, 0.1) is 5.70 Å². The lowest BCUT2D eigenvalue weighted by Gasteiger charge is -2.16. The molecule has 126 valence electrons. The van der Waals surface area contributed by atoms with Crippen molar-refractivity contribution in [1.82, 2.24) is 4.98 Å². The summed E-state index contributed by atoms with van der Waals surface area (Å²) in [5, 5.41) is 0. The molecule has 0 saturated heterocycles. The van der Waals surface area contributed by atoms with Crippen LogP contribution in [0.4, 0.5) is 13.2 Å². The summed E-state index contributed by atoms with van der Waals surface area (Å²) in [4.78, 5) is 7.06. The summed E-state index contributed by atoms with van der Waals surface area (Å²) in [6, 6.07) is 3.37. The van der Waals surface area contributed by atoms with Crippen LogP contribution in [-0.2, 0) is 0 Å². The minimum absolute atomic E-state index is 0.0986. The van der Waals surface area contributed by atoms with Crippen LogP contribution in [0.1, 0.15) is 16.8 Å². The van der Waals surface area contributed by atoms with Crippen molar-refractivity contribution < 1.29 is 17.9 Å². The average molecular weight is 342 g/mol. The van der Waals surface area contributed by atoms with Crippen molar-refractivity contribution in [3.8, 4) is 18.1 Å². The molecular weight excluding hydrogens is 329 g/mol. The van der Waals surface area contributed by atoms with Gasteiger partial charge in [-0.1, -0.05) is 5.92 Å². The molecule has 0 spiro atoms. The van der Waals surface area contributed by atoms with E-state index in [1.165, 1.54) is 13.1 Å². The number of rotatable bonds is 4. The molecule has 0 unspecified atom stereocenters. The van der Waals surface area contributed by atoms with Gasteiger partial charge in [-0.2, -0.15) is 4.39 Å². The van der Waals surface area contributed by atoms with Gasteiger partial charge >= 0.3 is 0 Å². The molecule has 1 N–H and O–H groups in total. The molecule has 0 saturated carbocycles. The minimum atomic E-state index is -1.43. The van der Waals surface area contributed by atoms with Gasteiger partial charge in [0.2, 0.25) is 5.82 Å². The topological polar surface area (TPSA) is 37.4 Å². The Kier molecular flexibility index (Phi) is 4.48. The summed E-state index contributed by atoms with van der Waals surface area (Å²) in [6.45, 7) is 0.978. The van der Waals surface area contributed by atoms with Crippen LogP contribution in [0.3, 0.4) is 0 Å². The molecule has 25 heavy (non-hydrogen) atoms. The standard InChI is InChI=1S/C19H13F3N2O/c1-3-10-25-19-16(20)11(2)14(17(21)18(19)22)15(12-6-4-8-23-12)13-7-5-9-24-13/h1,4-9,23H,10H2,2H3/b15-13+. The number of nitrogens with one attached hydrogen (secondary N) is 1. The van der Waals surface area contributed by atoms with E-state index in [2.05, 4.69) is 15.9 Å². The van der Waals surface area contributed by atoms with E-state index in [4.69, 9.17) is 11.2 Å². The number of halogens is 3. The third-order valence-corrected chi connectivity index (χ3v) is 3.74. The number of H-pyrrole nitrogens is 1. The highest BCUT2D eigenvalue weighted by molar-refractivity contribution is 5.89. The molecule has 0 radical (unpaired) electrons. The Balaban J connectivity index is 2.29. The Labute approximate surface area is 142 Å². The zero-order valence-corrected chi connectivity index (χ0v) is 13.2. The van der Waals surface area contributed by atoms with E-state index in [1.807, 2.05) is 0 Å². The van der Waals surface area contributed by atoms with Gasteiger partial charge in [-0.05, 0) is 36.8 Å². The molecule has 0 bridgehead atoms. The van der Waals surface area contributed by atoms with E-state index in [1.54, 1.807) is 30.5 Å². The fourth-order valence-electron chi connectivity index (χ4n) is 2.62. The second-order valence-corrected chi connectivity index (χ2v) is 5.25. The zero-order valence-electron chi connectivity index (χ0n) is 13.2. The van der Waals surface area contributed by atoms with Crippen molar-refractivity contribution in [3.63, 3.8) is 0 Å². The summed E-state index contributed by atoms with van der Waals surface area (Å²) in [6.07, 6.45) is 11.5. The monoisotopic (exact) mass is 342 g/mol. The summed E-state index contributed by atoms with van der Waals surface area (Å²) < 4.78 is 48.7. The van der Waals surface area contributed by atoms with E-state index in [0.717, 1.165) is 0 Å². The third-order valence-electron chi connectivity index (χ3n) is 3.74. The van der Waals surface area contributed by atoms with Crippen molar-refractivity contribution in [1.29, 1.82) is 0 Å². The van der Waals surface area contributed by atoms with E-state index in [9.17, 15) is 13.2 Å². The zero-order chi connectivity index (χ0) is 18.0. The molecule has 0 fully saturated rings. The van der Waals surface area contributed by atoms with E-state index in [0.29, 0.717) is 11.4 Å². The fraction of sp³-hybridized carbons (Fsp3) is 0.105. The summed E-state index contributed by atoms with van der Waals surface area (Å²) >= 11 is 0. The highest BCUT2D eigenvalue weighted by Gasteiger charge is 2.28. The van der Waals surface area contributed by atoms with E-state index < -0.39 is 23.2 Å². The quantitative estimate of drug-likeness (QED) is 0.658. The van der Waals surface area contributed by atoms with Crippen molar-refractivity contribution in [2.45, 2.75) is 6.92 Å². The molecule has 3 rings (SSSR count). The normalized spacial score (nSPS) is 14.7. The highest BCUT2D eigenvalue weighted by Crippen LogP contribution is 2.38. The molecule has 2 aromatic rings. The molecule has 2 heterocycles. The van der Waals surface area contributed by atoms with Crippen LogP contribution >= 0.6 is 0 Å². The molecule has 0 amide bonds. The SMILES string of the molecule is C#CCOc1c(F)c(C)c(/C(=C2\C=CC=N2)c2ccc[nH]2)c(F)c1F. The van der Waals surface area contributed by atoms with Crippen LogP contribution in [0.2, 0.25) is 0 Å². The summed E-state index contributed by atoms with van der Waals surface area (Å²) in [5.74, 6) is -2.38. The largest absolute Gasteiger partial charge is 0.475 e. The van der Waals surface area contributed by atoms with Gasteiger partial charge < -0.3 is 9.72 Å². The predicted molar refractivity (Wildman–Crippen MR) is 89.8 cm³/mol. The van der Waals surface area contributed by atoms with E-state index >= 15 is 0 Å². The number of hydrogen-bond acceptors (Lipinski definition) is 2. The van der Waals surface area contributed by atoms with Crippen LogP contribution in [0.5, 0.6) is 5.75 Å². The van der Waals surface area contributed by atoms with Gasteiger partial charge in [0.1, 0.15) is 6.61 Å². The Morgan fingerprint density at radius 3 is 2.68 bits per heavy atom. The lowest BCUT2D eigenvalue weighted by atomic mass is 9.94. The van der Waals surface area contributed by atoms with Gasteiger partial charge in [0, 0.05) is 29.2 Å². The van der Waals surface area contributed by atoms with Gasteiger partial charge in [-0.15, -0.1) is 6.42 Å². The van der Waals surface area contributed by atoms with Gasteiger partial charge in [-0.3, -0.25) is 4.99 Å². The summed E-state index contributed by atoms with van der Waals surface area (Å²) in [7, 11) is 0. The number of ether oxygens (including phenoxy) is 1. The number of hydrogen-bond donors (Lipinski definition) is 1. The Bertz CT molecular complexity index is 905. The van der Waals surface area contributed by atoms with Gasteiger partial charge in [-0.25, -0.2) is 8.78 Å². The first-order chi connectivity index (χ1) is 12.1. The number of nitrogens with zero attached hydrogens (tertiary/aromatic N) is 1. The maximum atomic E-state index is 14.8. The molecule has 1 aliphatic heterocycles. The number of aliphatic imine (C=N–C) groups is 1. The molecule has 6 heteroatoms. The van der Waals surface area contributed by atoms with Crippen LogP contribution in [0.25, 0.3) is 5.57 Å². The Morgan fingerprint density at radius 2 is 2.08 bits per heavy atom. The lowest BCUT2D eigenvalue weighted by Crippen LogP contribution is -2.09. The number of aromatic amines is 1. The smallest absolute Gasteiger partial charge is 0.204 e. The van der Waals surface area contributed by atoms with E-state index in [-0.39, 0.29) is 23.3 Å². The van der Waals surface area contributed by atoms with Crippen molar-refractivity contribution in [2.75, 3.05) is 6.61 Å². The molecule has 0 atom stereocenters. The highest BCUT2D eigenvalue weighted by atomic mass is 19.2. The second kappa shape index (κ2) is 6.73. The van der Waals surface area contributed by atoms with Crippen LogP contribution in [0, 0.1) is 36.7 Å². The number of terminal acetylenes is 1. The predicted octanol–water partition coefficient (Wildman–Crippen LogP) is 4.15. The maximum Gasteiger partial charge on any atom is 0.204 e. The lowest BCUT2D eigenvalue weighted by molar-refractivity contribution is 0.315. The van der Waals surface area contributed by atoms with Crippen molar-refractivity contribution >= 4 is 11.8 Å². The molecule has 1 aromatic heterocycles. The maximum absolute atomic E-state index is 14.8. The van der Waals surface area contributed by atoms with Gasteiger partial charge in [0.15, 0.2) is 17.4 Å². The Hall–Kier alpha value is -3.20. The Morgan fingerprint density at radius 1 is 1.28 bits per heavy atom. The first-order valence-electron chi connectivity index (χ1n) is 7.38. The third kappa shape index (κ3) is 2.85. The van der Waals surface area contributed by atoms with Crippen LogP contribution in [0.15, 0.2) is 41.2 Å². The number of benzene rings is 1. The van der Waals surface area contributed by atoms with Gasteiger partial charge in [0.25, 0.3) is 0 Å². The average Bonchev–Trinajstić information content (AvgIpc) is 3.31. The van der Waals surface area contributed by atoms with Crippen molar-refractivity contribution in [3.05, 3.63) is 70.5 Å². The molecule has 3 nitrogen and oxygen atoms in total. The number of allylic oxidation sites excluding steroid dienone is 2. The molecule has 1 aliphatic rings. The van der Waals surface area contributed by atoms with Crippen LogP contribution < -0.4 is 4.74 Å². The molecule has 1 aromatic carbocycles.